The van der Waals surface area contributed by atoms with Crippen LogP contribution in [0, 0.1) is 0 Å². The summed E-state index contributed by atoms with van der Waals surface area (Å²) in [5.74, 6) is -0.431. The van der Waals surface area contributed by atoms with Gasteiger partial charge >= 0.3 is 5.97 Å². The Hall–Kier alpha value is -2.40. The maximum atomic E-state index is 11.3. The number of carboxylic acid groups (broad SMARTS) is 1. The van der Waals surface area contributed by atoms with E-state index < -0.39 is 5.97 Å². The van der Waals surface area contributed by atoms with E-state index in [2.05, 4.69) is 11.1 Å². The van der Waals surface area contributed by atoms with Gasteiger partial charge in [-0.05, 0) is 23.8 Å². The zero-order valence-electron chi connectivity index (χ0n) is 11.2. The molecule has 1 aromatic heterocycles. The summed E-state index contributed by atoms with van der Waals surface area (Å²) < 4.78 is 0. The van der Waals surface area contributed by atoms with E-state index in [9.17, 15) is 9.90 Å². The molecule has 0 saturated carbocycles. The summed E-state index contributed by atoms with van der Waals surface area (Å²) in [5, 5.41) is 11.4. The van der Waals surface area contributed by atoms with E-state index in [1.165, 1.54) is 0 Å². The molecule has 0 spiro atoms. The van der Waals surface area contributed by atoms with Crippen molar-refractivity contribution in [1.29, 1.82) is 0 Å². The third-order valence-corrected chi connectivity index (χ3v) is 4.27. The van der Waals surface area contributed by atoms with Crippen molar-refractivity contribution < 1.29 is 9.90 Å². The molecule has 0 unspecified atom stereocenters. The Morgan fingerprint density at radius 1 is 1.19 bits per heavy atom. The average molecular weight is 298 g/mol. The lowest BCUT2D eigenvalue weighted by Crippen LogP contribution is -2.06. The second kappa shape index (κ2) is 5.54. The summed E-state index contributed by atoms with van der Waals surface area (Å²) >= 11 is 1.57. The highest BCUT2D eigenvalue weighted by Gasteiger charge is 2.14. The predicted octanol–water partition coefficient (Wildman–Crippen LogP) is 3.74. The van der Waals surface area contributed by atoms with E-state index in [0.29, 0.717) is 11.4 Å². The third-order valence-electron chi connectivity index (χ3n) is 3.29. The second-order valence-electron chi connectivity index (χ2n) is 4.70. The normalized spacial score (nSPS) is 10.9. The fraction of sp³-hybridized carbons (Fsp3) is 0.0625. The minimum absolute atomic E-state index is 0.195. The fourth-order valence-electron chi connectivity index (χ4n) is 2.28. The standard InChI is InChI=1S/C16H14N2O2S/c17-12-6-3-5-11(15(12)16(19)20)9-21-14-8-10-4-1-2-7-13(10)18-14/h1-8,18H,9,17H2,(H,19,20). The molecule has 0 aliphatic carbocycles. The number of hydrogen-bond donors (Lipinski definition) is 3. The summed E-state index contributed by atoms with van der Waals surface area (Å²) in [5.41, 5.74) is 8.06. The van der Waals surface area contributed by atoms with Gasteiger partial charge in [-0.15, -0.1) is 11.8 Å². The molecule has 1 heterocycles. The zero-order valence-corrected chi connectivity index (χ0v) is 12.0. The van der Waals surface area contributed by atoms with Gasteiger partial charge < -0.3 is 15.8 Å². The van der Waals surface area contributed by atoms with Gasteiger partial charge in [0, 0.05) is 22.3 Å². The predicted molar refractivity (Wildman–Crippen MR) is 85.7 cm³/mol. The number of rotatable bonds is 4. The summed E-state index contributed by atoms with van der Waals surface area (Å²) in [4.78, 5) is 14.6. The van der Waals surface area contributed by atoms with Gasteiger partial charge in [-0.25, -0.2) is 4.79 Å². The molecule has 4 nitrogen and oxygen atoms in total. The van der Waals surface area contributed by atoms with Crippen molar-refractivity contribution in [2.45, 2.75) is 10.8 Å². The summed E-state index contributed by atoms with van der Waals surface area (Å²) in [7, 11) is 0. The second-order valence-corrected chi connectivity index (χ2v) is 5.71. The topological polar surface area (TPSA) is 79.1 Å². The summed E-state index contributed by atoms with van der Waals surface area (Å²) in [6.07, 6.45) is 0. The van der Waals surface area contributed by atoms with Gasteiger partial charge in [-0.1, -0.05) is 30.3 Å². The Kier molecular flexibility index (Phi) is 3.58. The molecule has 0 radical (unpaired) electrons. The molecule has 0 atom stereocenters. The van der Waals surface area contributed by atoms with Crippen LogP contribution in [0.15, 0.2) is 53.6 Å². The molecule has 106 valence electrons. The number of aromatic nitrogens is 1. The number of nitrogens with two attached hydrogens (primary N) is 1. The van der Waals surface area contributed by atoms with Crippen LogP contribution in [-0.2, 0) is 5.75 Å². The summed E-state index contributed by atoms with van der Waals surface area (Å²) in [6.45, 7) is 0. The van der Waals surface area contributed by atoms with Crippen LogP contribution in [0.4, 0.5) is 5.69 Å². The van der Waals surface area contributed by atoms with Gasteiger partial charge in [0.15, 0.2) is 0 Å². The number of para-hydroxylation sites is 1. The number of nitrogens with one attached hydrogen (secondary N) is 1. The number of H-pyrrole nitrogens is 1. The number of hydrogen-bond acceptors (Lipinski definition) is 3. The number of carbonyl (C=O) groups is 1. The van der Waals surface area contributed by atoms with Gasteiger partial charge in [0.25, 0.3) is 0 Å². The molecule has 3 rings (SSSR count). The molecule has 0 fully saturated rings. The molecule has 3 aromatic rings. The largest absolute Gasteiger partial charge is 0.478 e. The van der Waals surface area contributed by atoms with Crippen molar-refractivity contribution in [2.75, 3.05) is 5.73 Å². The number of aromatic carboxylic acids is 1. The highest BCUT2D eigenvalue weighted by atomic mass is 32.2. The lowest BCUT2D eigenvalue weighted by Gasteiger charge is -2.07. The number of benzene rings is 2. The molecule has 4 N–H and O–H groups in total. The number of nitrogen functional groups attached to an aromatic ring is 1. The van der Waals surface area contributed by atoms with Crippen LogP contribution in [0.5, 0.6) is 0 Å². The Bertz CT molecular complexity index is 778. The molecule has 2 aromatic carbocycles. The van der Waals surface area contributed by atoms with E-state index in [0.717, 1.165) is 21.5 Å². The molecule has 21 heavy (non-hydrogen) atoms. The fourth-order valence-corrected chi connectivity index (χ4v) is 3.23. The minimum Gasteiger partial charge on any atom is -0.478 e. The van der Waals surface area contributed by atoms with Crippen molar-refractivity contribution in [3.05, 3.63) is 59.7 Å². The molecule has 0 bridgehead atoms. The first-order valence-corrected chi connectivity index (χ1v) is 7.45. The lowest BCUT2D eigenvalue weighted by atomic mass is 10.1. The number of thioether (sulfide) groups is 1. The SMILES string of the molecule is Nc1cccc(CSc2cc3ccccc3[nH]2)c1C(=O)O. The highest BCUT2D eigenvalue weighted by Crippen LogP contribution is 2.28. The Labute approximate surface area is 126 Å². The van der Waals surface area contributed by atoms with Crippen molar-refractivity contribution in [3.63, 3.8) is 0 Å². The van der Waals surface area contributed by atoms with Gasteiger partial charge in [0.1, 0.15) is 0 Å². The van der Waals surface area contributed by atoms with Gasteiger partial charge in [-0.2, -0.15) is 0 Å². The highest BCUT2D eigenvalue weighted by molar-refractivity contribution is 7.98. The maximum absolute atomic E-state index is 11.3. The smallest absolute Gasteiger partial charge is 0.338 e. The first-order chi connectivity index (χ1) is 10.1. The van der Waals surface area contributed by atoms with Crippen LogP contribution in [0.1, 0.15) is 15.9 Å². The van der Waals surface area contributed by atoms with Crippen molar-refractivity contribution in [1.82, 2.24) is 4.98 Å². The Balaban J connectivity index is 1.85. The number of anilines is 1. The van der Waals surface area contributed by atoms with Crippen LogP contribution in [0.25, 0.3) is 10.9 Å². The van der Waals surface area contributed by atoms with Crippen LogP contribution >= 0.6 is 11.8 Å². The number of fused-ring (bicyclic) bond motifs is 1. The molecular weight excluding hydrogens is 284 g/mol. The molecule has 0 amide bonds. The lowest BCUT2D eigenvalue weighted by molar-refractivity contribution is 0.0697. The van der Waals surface area contributed by atoms with E-state index in [1.807, 2.05) is 24.3 Å². The number of aromatic amines is 1. The third kappa shape index (κ3) is 2.73. The van der Waals surface area contributed by atoms with E-state index >= 15 is 0 Å². The van der Waals surface area contributed by atoms with Crippen LogP contribution in [0.2, 0.25) is 0 Å². The van der Waals surface area contributed by atoms with Crippen LogP contribution < -0.4 is 5.73 Å². The molecule has 0 aliphatic heterocycles. The van der Waals surface area contributed by atoms with Crippen LogP contribution in [0.3, 0.4) is 0 Å². The van der Waals surface area contributed by atoms with Crippen molar-refractivity contribution >= 4 is 34.3 Å². The molecule has 0 saturated heterocycles. The zero-order chi connectivity index (χ0) is 14.8. The Morgan fingerprint density at radius 2 is 2.00 bits per heavy atom. The number of carboxylic acids is 1. The monoisotopic (exact) mass is 298 g/mol. The van der Waals surface area contributed by atoms with Crippen molar-refractivity contribution in [2.24, 2.45) is 0 Å². The molecule has 5 heteroatoms. The first-order valence-electron chi connectivity index (χ1n) is 6.46. The minimum atomic E-state index is -0.986. The van der Waals surface area contributed by atoms with E-state index in [-0.39, 0.29) is 5.56 Å². The van der Waals surface area contributed by atoms with Gasteiger partial charge in [-0.3, -0.25) is 0 Å². The van der Waals surface area contributed by atoms with Crippen molar-refractivity contribution in [3.8, 4) is 0 Å². The van der Waals surface area contributed by atoms with Gasteiger partial charge in [0.2, 0.25) is 0 Å². The maximum Gasteiger partial charge on any atom is 0.338 e. The first kappa shape index (κ1) is 13.6. The van der Waals surface area contributed by atoms with E-state index in [4.69, 9.17) is 5.73 Å². The van der Waals surface area contributed by atoms with E-state index in [1.54, 1.807) is 30.0 Å². The molecular formula is C16H14N2O2S. The quantitative estimate of drug-likeness (QED) is 0.506. The molecule has 0 aliphatic rings. The Morgan fingerprint density at radius 3 is 2.76 bits per heavy atom. The summed E-state index contributed by atoms with van der Waals surface area (Å²) in [6, 6.07) is 15.3. The average Bonchev–Trinajstić information content (AvgIpc) is 2.87. The van der Waals surface area contributed by atoms with Gasteiger partial charge in [0.05, 0.1) is 10.6 Å². The van der Waals surface area contributed by atoms with Crippen LogP contribution in [-0.4, -0.2) is 16.1 Å².